The Morgan fingerprint density at radius 2 is 2.04 bits per heavy atom. The second-order valence-electron chi connectivity index (χ2n) is 5.46. The highest BCUT2D eigenvalue weighted by atomic mass is 16.5. The zero-order valence-corrected chi connectivity index (χ0v) is 14.0. The molecule has 0 aliphatic rings. The van der Waals surface area contributed by atoms with Gasteiger partial charge in [-0.3, -0.25) is 4.79 Å². The van der Waals surface area contributed by atoms with E-state index in [4.69, 9.17) is 14.4 Å². The predicted octanol–water partition coefficient (Wildman–Crippen LogP) is 2.92. The SMILES string of the molecule is Cc1ccc(/C=C(\C#N)C(=O)OCC(=O)N[C@H](C)c2ccco2)cc1. The summed E-state index contributed by atoms with van der Waals surface area (Å²) >= 11 is 0. The van der Waals surface area contributed by atoms with Crippen molar-refractivity contribution >= 4 is 18.0 Å². The summed E-state index contributed by atoms with van der Waals surface area (Å²) in [6.45, 7) is 3.21. The van der Waals surface area contributed by atoms with Crippen LogP contribution in [0.4, 0.5) is 0 Å². The smallest absolute Gasteiger partial charge is 0.349 e. The monoisotopic (exact) mass is 338 g/mol. The summed E-state index contributed by atoms with van der Waals surface area (Å²) in [6, 6.07) is 12.2. The summed E-state index contributed by atoms with van der Waals surface area (Å²) < 4.78 is 10.1. The molecule has 0 fully saturated rings. The van der Waals surface area contributed by atoms with Crippen LogP contribution in [0.5, 0.6) is 0 Å². The molecule has 6 heteroatoms. The Morgan fingerprint density at radius 1 is 1.32 bits per heavy atom. The first-order valence-electron chi connectivity index (χ1n) is 7.68. The van der Waals surface area contributed by atoms with Gasteiger partial charge in [0.1, 0.15) is 17.4 Å². The second kappa shape index (κ2) is 8.50. The van der Waals surface area contributed by atoms with Crippen LogP contribution in [0.25, 0.3) is 6.08 Å². The Kier molecular flexibility index (Phi) is 6.13. The lowest BCUT2D eigenvalue weighted by atomic mass is 10.1. The van der Waals surface area contributed by atoms with Crippen LogP contribution in [-0.4, -0.2) is 18.5 Å². The number of nitrogens with one attached hydrogen (secondary N) is 1. The van der Waals surface area contributed by atoms with E-state index in [1.165, 1.54) is 12.3 Å². The maximum atomic E-state index is 12.0. The molecule has 1 aromatic heterocycles. The number of aryl methyl sites for hydroxylation is 1. The van der Waals surface area contributed by atoms with Crippen LogP contribution in [0, 0.1) is 18.3 Å². The molecule has 6 nitrogen and oxygen atoms in total. The minimum atomic E-state index is -0.844. The van der Waals surface area contributed by atoms with Crippen molar-refractivity contribution in [2.75, 3.05) is 6.61 Å². The summed E-state index contributed by atoms with van der Waals surface area (Å²) in [4.78, 5) is 23.8. The van der Waals surface area contributed by atoms with Crippen LogP contribution in [-0.2, 0) is 14.3 Å². The molecule has 0 aliphatic carbocycles. The molecule has 2 rings (SSSR count). The van der Waals surface area contributed by atoms with Gasteiger partial charge >= 0.3 is 5.97 Å². The van der Waals surface area contributed by atoms with Gasteiger partial charge in [0, 0.05) is 0 Å². The molecule has 0 saturated heterocycles. The lowest BCUT2D eigenvalue weighted by Crippen LogP contribution is -2.31. The van der Waals surface area contributed by atoms with E-state index in [1.54, 1.807) is 37.3 Å². The Hall–Kier alpha value is -3.33. The van der Waals surface area contributed by atoms with E-state index in [9.17, 15) is 9.59 Å². The van der Waals surface area contributed by atoms with Gasteiger partial charge in [-0.2, -0.15) is 5.26 Å². The molecule has 0 radical (unpaired) electrons. The number of ether oxygens (including phenoxy) is 1. The highest BCUT2D eigenvalue weighted by Crippen LogP contribution is 2.12. The number of hydrogen-bond donors (Lipinski definition) is 1. The Labute approximate surface area is 145 Å². The van der Waals surface area contributed by atoms with Crippen molar-refractivity contribution in [3.8, 4) is 6.07 Å². The van der Waals surface area contributed by atoms with Crippen LogP contribution in [0.15, 0.2) is 52.7 Å². The number of carbonyl (C=O) groups excluding carboxylic acids is 2. The van der Waals surface area contributed by atoms with Gasteiger partial charge in [0.05, 0.1) is 12.3 Å². The van der Waals surface area contributed by atoms with Gasteiger partial charge in [-0.1, -0.05) is 29.8 Å². The second-order valence-corrected chi connectivity index (χ2v) is 5.46. The molecule has 0 bridgehead atoms. The first kappa shape index (κ1) is 18.0. The number of benzene rings is 1. The van der Waals surface area contributed by atoms with Gasteiger partial charge in [-0.05, 0) is 37.6 Å². The molecule has 0 saturated carbocycles. The Bertz CT molecular complexity index is 799. The van der Waals surface area contributed by atoms with Gasteiger partial charge in [0.25, 0.3) is 5.91 Å². The number of hydrogen-bond acceptors (Lipinski definition) is 5. The first-order chi connectivity index (χ1) is 12.0. The number of nitrogens with zero attached hydrogens (tertiary/aromatic N) is 1. The third-order valence-corrected chi connectivity index (χ3v) is 3.41. The fourth-order valence-corrected chi connectivity index (χ4v) is 2.07. The van der Waals surface area contributed by atoms with E-state index >= 15 is 0 Å². The van der Waals surface area contributed by atoms with Crippen LogP contribution in [0.2, 0.25) is 0 Å². The molecule has 0 spiro atoms. The largest absolute Gasteiger partial charge is 0.467 e. The summed E-state index contributed by atoms with van der Waals surface area (Å²) in [5.41, 5.74) is 1.60. The van der Waals surface area contributed by atoms with E-state index in [1.807, 2.05) is 19.1 Å². The molecule has 128 valence electrons. The van der Waals surface area contributed by atoms with Crippen molar-refractivity contribution in [2.45, 2.75) is 19.9 Å². The van der Waals surface area contributed by atoms with Gasteiger partial charge in [-0.15, -0.1) is 0 Å². The van der Waals surface area contributed by atoms with Crippen LogP contribution < -0.4 is 5.32 Å². The van der Waals surface area contributed by atoms with Crippen LogP contribution >= 0.6 is 0 Å². The quantitative estimate of drug-likeness (QED) is 0.497. The lowest BCUT2D eigenvalue weighted by molar-refractivity contribution is -0.144. The van der Waals surface area contributed by atoms with Gasteiger partial charge < -0.3 is 14.5 Å². The molecule has 1 atom stereocenters. The number of nitriles is 1. The van der Waals surface area contributed by atoms with E-state index in [0.29, 0.717) is 11.3 Å². The van der Waals surface area contributed by atoms with Crippen LogP contribution in [0.3, 0.4) is 0 Å². The lowest BCUT2D eigenvalue weighted by Gasteiger charge is -2.11. The third-order valence-electron chi connectivity index (χ3n) is 3.41. The topological polar surface area (TPSA) is 92.3 Å². The van der Waals surface area contributed by atoms with Gasteiger partial charge in [0.15, 0.2) is 6.61 Å². The molecule has 1 heterocycles. The van der Waals surface area contributed by atoms with Crippen molar-refractivity contribution in [2.24, 2.45) is 0 Å². The molecular weight excluding hydrogens is 320 g/mol. The maximum absolute atomic E-state index is 12.0. The van der Waals surface area contributed by atoms with E-state index in [2.05, 4.69) is 5.32 Å². The molecular formula is C19H18N2O4. The van der Waals surface area contributed by atoms with E-state index in [-0.39, 0.29) is 11.6 Å². The normalized spacial score (nSPS) is 12.1. The van der Waals surface area contributed by atoms with E-state index in [0.717, 1.165) is 5.56 Å². The zero-order valence-electron chi connectivity index (χ0n) is 14.0. The summed E-state index contributed by atoms with van der Waals surface area (Å²) in [5.74, 6) is -0.731. The van der Waals surface area contributed by atoms with Crippen molar-refractivity contribution in [1.29, 1.82) is 5.26 Å². The van der Waals surface area contributed by atoms with Crippen LogP contribution in [0.1, 0.15) is 29.9 Å². The van der Waals surface area contributed by atoms with Crippen molar-refractivity contribution in [1.82, 2.24) is 5.32 Å². The molecule has 25 heavy (non-hydrogen) atoms. The molecule has 1 aromatic carbocycles. The molecule has 1 N–H and O–H groups in total. The minimum absolute atomic E-state index is 0.171. The number of amides is 1. The number of esters is 1. The molecule has 2 aromatic rings. The van der Waals surface area contributed by atoms with Gasteiger partial charge in [0.2, 0.25) is 0 Å². The fraction of sp³-hybridized carbons (Fsp3) is 0.211. The highest BCUT2D eigenvalue weighted by Gasteiger charge is 2.16. The van der Waals surface area contributed by atoms with Crippen molar-refractivity contribution in [3.05, 3.63) is 65.1 Å². The summed E-state index contributed by atoms with van der Waals surface area (Å²) in [7, 11) is 0. The number of rotatable bonds is 6. The molecule has 1 amide bonds. The zero-order chi connectivity index (χ0) is 18.2. The Morgan fingerprint density at radius 3 is 2.64 bits per heavy atom. The summed E-state index contributed by atoms with van der Waals surface area (Å²) in [6.07, 6.45) is 2.93. The van der Waals surface area contributed by atoms with E-state index < -0.39 is 18.5 Å². The van der Waals surface area contributed by atoms with Crippen molar-refractivity contribution in [3.63, 3.8) is 0 Å². The number of carbonyl (C=O) groups is 2. The minimum Gasteiger partial charge on any atom is -0.467 e. The third kappa shape index (κ3) is 5.36. The predicted molar refractivity (Wildman–Crippen MR) is 91.0 cm³/mol. The average Bonchev–Trinajstić information content (AvgIpc) is 3.14. The Balaban J connectivity index is 1.90. The summed E-state index contributed by atoms with van der Waals surface area (Å²) in [5, 5.41) is 11.8. The standard InChI is InChI=1S/C19H18N2O4/c1-13-5-7-15(8-6-13)10-16(11-20)19(23)25-12-18(22)21-14(2)17-4-3-9-24-17/h3-10,14H,12H2,1-2H3,(H,21,22)/b16-10+/t14-/m1/s1. The maximum Gasteiger partial charge on any atom is 0.349 e. The first-order valence-corrected chi connectivity index (χ1v) is 7.68. The number of furan rings is 1. The fourth-order valence-electron chi connectivity index (χ4n) is 2.07. The van der Waals surface area contributed by atoms with Gasteiger partial charge in [-0.25, -0.2) is 4.79 Å². The average molecular weight is 338 g/mol. The molecule has 0 unspecified atom stereocenters. The molecule has 0 aliphatic heterocycles. The van der Waals surface area contributed by atoms with Crippen molar-refractivity contribution < 1.29 is 18.7 Å². The highest BCUT2D eigenvalue weighted by molar-refractivity contribution is 5.98.